The zero-order chi connectivity index (χ0) is 26.1. The Morgan fingerprint density at radius 2 is 1.84 bits per heavy atom. The number of amides is 1. The van der Waals surface area contributed by atoms with Crippen molar-refractivity contribution in [2.24, 2.45) is 5.10 Å². The van der Waals surface area contributed by atoms with Crippen molar-refractivity contribution in [3.05, 3.63) is 85.0 Å². The van der Waals surface area contributed by atoms with Gasteiger partial charge in [-0.1, -0.05) is 6.08 Å². The zero-order valence-corrected chi connectivity index (χ0v) is 21.4. The molecule has 1 saturated heterocycles. The first-order valence-corrected chi connectivity index (χ1v) is 12.7. The number of hydrazine groups is 1. The first kappa shape index (κ1) is 23.6. The molecule has 1 fully saturated rings. The molecule has 3 aliphatic heterocycles. The van der Waals surface area contributed by atoms with Crippen molar-refractivity contribution in [2.45, 2.75) is 25.8 Å². The van der Waals surface area contributed by atoms with E-state index in [4.69, 9.17) is 5.10 Å². The summed E-state index contributed by atoms with van der Waals surface area (Å²) in [5.41, 5.74) is 5.94. The molecule has 0 bridgehead atoms. The highest BCUT2D eigenvalue weighted by molar-refractivity contribution is 6.19. The van der Waals surface area contributed by atoms with E-state index in [1.54, 1.807) is 35.9 Å². The number of amidine groups is 1. The minimum atomic E-state index is -0.195. The number of carbonyl (C=O) groups is 1. The summed E-state index contributed by atoms with van der Waals surface area (Å²) in [6.45, 7) is 3.99. The third kappa shape index (κ3) is 4.54. The fourth-order valence-electron chi connectivity index (χ4n) is 4.90. The zero-order valence-electron chi connectivity index (χ0n) is 21.4. The smallest absolute Gasteiger partial charge is 0.270 e. The molecule has 0 spiro atoms. The topological polar surface area (TPSA) is 108 Å². The molecule has 0 atom stereocenters. The lowest BCUT2D eigenvalue weighted by atomic mass is 10.0. The van der Waals surface area contributed by atoms with Gasteiger partial charge < -0.3 is 20.1 Å². The second-order valence-electron chi connectivity index (χ2n) is 9.48. The van der Waals surface area contributed by atoms with E-state index in [0.29, 0.717) is 5.56 Å². The van der Waals surface area contributed by atoms with Crippen LogP contribution >= 0.6 is 0 Å². The molecule has 2 aromatic heterocycles. The van der Waals surface area contributed by atoms with Gasteiger partial charge in [-0.25, -0.2) is 15.0 Å². The molecule has 3 aromatic rings. The molecule has 0 unspecified atom stereocenters. The SMILES string of the molecule is CC=CN1CCC(N2N=C(Nc3ccc(C(=O)NN4C=CN(C)C=C4)cc3)c3c[nH]c4ncnc2c34)CC1. The molecule has 3 aliphatic rings. The van der Waals surface area contributed by atoms with Crippen LogP contribution in [-0.4, -0.2) is 67.7 Å². The van der Waals surface area contributed by atoms with E-state index in [2.05, 4.69) is 47.9 Å². The van der Waals surface area contributed by atoms with E-state index in [1.165, 1.54) is 0 Å². The molecule has 38 heavy (non-hydrogen) atoms. The summed E-state index contributed by atoms with van der Waals surface area (Å²) in [5, 5.41) is 13.1. The molecule has 1 amide bonds. The third-order valence-corrected chi connectivity index (χ3v) is 6.90. The number of likely N-dealkylation sites (tertiary alicyclic amines) is 1. The number of nitrogens with one attached hydrogen (secondary N) is 3. The molecule has 0 radical (unpaired) electrons. The number of H-pyrrole nitrogens is 1. The average molecular weight is 511 g/mol. The number of carbonyl (C=O) groups excluding carboxylic acids is 1. The quantitative estimate of drug-likeness (QED) is 0.480. The van der Waals surface area contributed by atoms with Crippen molar-refractivity contribution < 1.29 is 4.79 Å². The fraction of sp³-hybridized carbons (Fsp3) is 0.259. The lowest BCUT2D eigenvalue weighted by Crippen LogP contribution is -2.43. The van der Waals surface area contributed by atoms with Gasteiger partial charge in [0.05, 0.1) is 11.4 Å². The summed E-state index contributed by atoms with van der Waals surface area (Å²) in [6, 6.07) is 7.59. The lowest BCUT2D eigenvalue weighted by molar-refractivity contribution is 0.0883. The number of allylic oxidation sites excluding steroid dienone is 1. The average Bonchev–Trinajstić information content (AvgIpc) is 3.38. The molecule has 1 aromatic carbocycles. The molecular formula is C27H30N10O. The van der Waals surface area contributed by atoms with Gasteiger partial charge in [-0.3, -0.25) is 15.2 Å². The predicted octanol–water partition coefficient (Wildman–Crippen LogP) is 3.38. The number of hydrogen-bond acceptors (Lipinski definition) is 9. The minimum Gasteiger partial charge on any atom is -0.378 e. The van der Waals surface area contributed by atoms with Crippen molar-refractivity contribution in [3.63, 3.8) is 0 Å². The summed E-state index contributed by atoms with van der Waals surface area (Å²) in [6.07, 6.45) is 17.0. The van der Waals surface area contributed by atoms with Gasteiger partial charge in [0, 0.05) is 67.9 Å². The highest BCUT2D eigenvalue weighted by atomic mass is 16.2. The standard InChI is InChI=1S/C27H30N10O/c1-3-10-35-11-8-21(9-12-35)37-26-23-22(17-28-25(23)29-18-30-26)24(32-37)31-20-6-4-19(5-7-20)27(38)33-36-15-13-34(2)14-16-36/h3-7,10,13-18,21H,8-9,11-12H2,1-2H3,(H,31,32)(H,33,38)(H,28,29,30). The summed E-state index contributed by atoms with van der Waals surface area (Å²) in [5.74, 6) is 1.36. The summed E-state index contributed by atoms with van der Waals surface area (Å²) in [7, 11) is 1.92. The number of rotatable bonds is 5. The van der Waals surface area contributed by atoms with Crippen LogP contribution in [0, 0.1) is 0 Å². The molecular weight excluding hydrogens is 480 g/mol. The normalized spacial score (nSPS) is 17.5. The summed E-state index contributed by atoms with van der Waals surface area (Å²) in [4.78, 5) is 29.2. The van der Waals surface area contributed by atoms with Gasteiger partial charge in [0.15, 0.2) is 11.7 Å². The van der Waals surface area contributed by atoms with E-state index in [0.717, 1.165) is 59.9 Å². The van der Waals surface area contributed by atoms with Gasteiger partial charge >= 0.3 is 0 Å². The summed E-state index contributed by atoms with van der Waals surface area (Å²) < 4.78 is 0. The van der Waals surface area contributed by atoms with Gasteiger partial charge in [0.2, 0.25) is 0 Å². The molecule has 0 aliphatic carbocycles. The van der Waals surface area contributed by atoms with Crippen LogP contribution in [-0.2, 0) is 0 Å². The number of piperidine rings is 1. The second-order valence-corrected chi connectivity index (χ2v) is 9.48. The Labute approximate surface area is 220 Å². The molecule has 5 heterocycles. The van der Waals surface area contributed by atoms with Crippen molar-refractivity contribution in [2.75, 3.05) is 30.5 Å². The Bertz CT molecular complexity index is 1430. The van der Waals surface area contributed by atoms with Gasteiger partial charge in [-0.15, -0.1) is 0 Å². The number of aromatic amines is 1. The number of aromatic nitrogens is 3. The van der Waals surface area contributed by atoms with Crippen LogP contribution in [0.3, 0.4) is 0 Å². The van der Waals surface area contributed by atoms with Crippen LogP contribution in [0.2, 0.25) is 0 Å². The number of hydrazone groups is 1. The van der Waals surface area contributed by atoms with Gasteiger partial charge in [0.1, 0.15) is 12.0 Å². The first-order chi connectivity index (χ1) is 18.6. The van der Waals surface area contributed by atoms with Crippen LogP contribution in [0.1, 0.15) is 35.7 Å². The highest BCUT2D eigenvalue weighted by Crippen LogP contribution is 2.35. The minimum absolute atomic E-state index is 0.195. The van der Waals surface area contributed by atoms with Crippen LogP contribution < -0.4 is 15.8 Å². The van der Waals surface area contributed by atoms with Crippen molar-refractivity contribution in [1.82, 2.24) is 35.2 Å². The van der Waals surface area contributed by atoms with Gasteiger partial charge in [-0.05, 0) is 50.2 Å². The van der Waals surface area contributed by atoms with Crippen LogP contribution in [0.5, 0.6) is 0 Å². The van der Waals surface area contributed by atoms with Crippen molar-refractivity contribution in [1.29, 1.82) is 0 Å². The van der Waals surface area contributed by atoms with Crippen molar-refractivity contribution in [3.8, 4) is 0 Å². The maximum atomic E-state index is 12.7. The lowest BCUT2D eigenvalue weighted by Gasteiger charge is -2.37. The highest BCUT2D eigenvalue weighted by Gasteiger charge is 2.31. The van der Waals surface area contributed by atoms with Crippen LogP contribution in [0.25, 0.3) is 11.0 Å². The first-order valence-electron chi connectivity index (χ1n) is 12.7. The predicted molar refractivity (Wildman–Crippen MR) is 148 cm³/mol. The monoisotopic (exact) mass is 510 g/mol. The van der Waals surface area contributed by atoms with E-state index in [-0.39, 0.29) is 11.9 Å². The molecule has 11 nitrogen and oxygen atoms in total. The van der Waals surface area contributed by atoms with Gasteiger partial charge in [0.25, 0.3) is 5.91 Å². The fourth-order valence-corrected chi connectivity index (χ4v) is 4.90. The largest absolute Gasteiger partial charge is 0.378 e. The van der Waals surface area contributed by atoms with Crippen molar-refractivity contribution >= 4 is 34.3 Å². The van der Waals surface area contributed by atoms with Crippen LogP contribution in [0.15, 0.2) is 79.0 Å². The molecule has 6 rings (SSSR count). The Balaban J connectivity index is 1.21. The van der Waals surface area contributed by atoms with E-state index in [9.17, 15) is 4.79 Å². The number of benzene rings is 1. The Morgan fingerprint density at radius 1 is 1.08 bits per heavy atom. The number of nitrogens with zero attached hydrogens (tertiary/aromatic N) is 7. The Morgan fingerprint density at radius 3 is 2.58 bits per heavy atom. The third-order valence-electron chi connectivity index (χ3n) is 6.90. The Hall–Kier alpha value is -4.80. The van der Waals surface area contributed by atoms with Gasteiger partial charge in [-0.2, -0.15) is 5.10 Å². The number of hydrogen-bond donors (Lipinski definition) is 3. The maximum Gasteiger partial charge on any atom is 0.270 e. The molecule has 194 valence electrons. The van der Waals surface area contributed by atoms with Crippen LogP contribution in [0.4, 0.5) is 11.5 Å². The molecule has 11 heteroatoms. The summed E-state index contributed by atoms with van der Waals surface area (Å²) >= 11 is 0. The van der Waals surface area contributed by atoms with E-state index < -0.39 is 0 Å². The van der Waals surface area contributed by atoms with E-state index in [1.807, 2.05) is 49.6 Å². The number of anilines is 2. The van der Waals surface area contributed by atoms with E-state index >= 15 is 0 Å². The second kappa shape index (κ2) is 9.92. The maximum absolute atomic E-state index is 12.7. The Kier molecular flexibility index (Phi) is 6.16. The molecule has 3 N–H and O–H groups in total. The molecule has 0 saturated carbocycles.